The summed E-state index contributed by atoms with van der Waals surface area (Å²) in [6, 6.07) is 7.31. The molecule has 0 amide bonds. The van der Waals surface area contributed by atoms with Gasteiger partial charge in [0.25, 0.3) is 0 Å². The monoisotopic (exact) mass is 334 g/mol. The van der Waals surface area contributed by atoms with Crippen LogP contribution in [0.25, 0.3) is 0 Å². The van der Waals surface area contributed by atoms with Gasteiger partial charge in [-0.2, -0.15) is 8.78 Å². The van der Waals surface area contributed by atoms with Crippen LogP contribution >= 0.6 is 12.4 Å². The van der Waals surface area contributed by atoms with E-state index in [0.29, 0.717) is 11.7 Å². The lowest BCUT2D eigenvalue weighted by Gasteiger charge is -2.36. The van der Waals surface area contributed by atoms with E-state index in [1.165, 1.54) is 0 Å². The van der Waals surface area contributed by atoms with Crippen molar-refractivity contribution in [2.75, 3.05) is 26.2 Å². The normalized spacial score (nSPS) is 17.4. The fourth-order valence-corrected chi connectivity index (χ4v) is 2.87. The Balaban J connectivity index is 0.00000242. The van der Waals surface area contributed by atoms with Gasteiger partial charge in [-0.25, -0.2) is 0 Å². The molecule has 0 spiro atoms. The Hall–Kier alpha value is -0.910. The number of halogens is 3. The molecule has 1 heterocycles. The van der Waals surface area contributed by atoms with Gasteiger partial charge in [-0.3, -0.25) is 4.90 Å². The summed E-state index contributed by atoms with van der Waals surface area (Å²) in [4.78, 5) is 2.37. The van der Waals surface area contributed by atoms with Crippen LogP contribution in [0.3, 0.4) is 0 Å². The molecule has 6 heteroatoms. The average molecular weight is 335 g/mol. The van der Waals surface area contributed by atoms with Crippen molar-refractivity contribution in [2.45, 2.75) is 32.9 Å². The minimum atomic E-state index is -2.78. The van der Waals surface area contributed by atoms with E-state index in [1.807, 2.05) is 12.1 Å². The maximum atomic E-state index is 12.6. The molecule has 1 aliphatic heterocycles. The molecule has 1 fully saturated rings. The smallest absolute Gasteiger partial charge is 0.387 e. The molecule has 1 aromatic carbocycles. The second kappa shape index (κ2) is 9.28. The summed E-state index contributed by atoms with van der Waals surface area (Å²) in [7, 11) is 0. The van der Waals surface area contributed by atoms with Gasteiger partial charge < -0.3 is 10.1 Å². The van der Waals surface area contributed by atoms with Gasteiger partial charge in [0.2, 0.25) is 0 Å². The SMILES string of the molecule is CC(C)C[C@H](c1ccccc1OC(F)F)N1CCNCC1.Cl. The van der Waals surface area contributed by atoms with Gasteiger partial charge in [-0.05, 0) is 18.4 Å². The highest BCUT2D eigenvalue weighted by atomic mass is 35.5. The molecule has 1 N–H and O–H groups in total. The predicted octanol–water partition coefficient (Wildman–Crippen LogP) is 3.70. The topological polar surface area (TPSA) is 24.5 Å². The molecule has 1 aliphatic rings. The van der Waals surface area contributed by atoms with Gasteiger partial charge in [0.05, 0.1) is 0 Å². The molecular weight excluding hydrogens is 310 g/mol. The number of piperazine rings is 1. The Morgan fingerprint density at radius 3 is 2.41 bits per heavy atom. The average Bonchev–Trinajstić information content (AvgIpc) is 2.46. The highest BCUT2D eigenvalue weighted by molar-refractivity contribution is 5.85. The Morgan fingerprint density at radius 2 is 1.82 bits per heavy atom. The number of nitrogens with zero attached hydrogens (tertiary/aromatic N) is 1. The fourth-order valence-electron chi connectivity index (χ4n) is 2.87. The molecule has 3 nitrogen and oxygen atoms in total. The predicted molar refractivity (Wildman–Crippen MR) is 87.0 cm³/mol. The fraction of sp³-hybridized carbons (Fsp3) is 0.625. The van der Waals surface area contributed by atoms with E-state index in [9.17, 15) is 8.78 Å². The Bertz CT molecular complexity index is 440. The molecule has 0 radical (unpaired) electrons. The molecule has 0 aromatic heterocycles. The molecule has 0 aliphatic carbocycles. The van der Waals surface area contributed by atoms with Gasteiger partial charge in [-0.1, -0.05) is 32.0 Å². The third kappa shape index (κ3) is 5.38. The number of para-hydroxylation sites is 1. The van der Waals surface area contributed by atoms with Crippen molar-refractivity contribution in [3.05, 3.63) is 29.8 Å². The van der Waals surface area contributed by atoms with Crippen LogP contribution in [0.15, 0.2) is 24.3 Å². The van der Waals surface area contributed by atoms with Crippen molar-refractivity contribution in [3.63, 3.8) is 0 Å². The largest absolute Gasteiger partial charge is 0.434 e. The number of hydrogen-bond donors (Lipinski definition) is 1. The van der Waals surface area contributed by atoms with Crippen LogP contribution in [-0.2, 0) is 0 Å². The van der Waals surface area contributed by atoms with E-state index in [1.54, 1.807) is 12.1 Å². The number of rotatable bonds is 6. The zero-order chi connectivity index (χ0) is 15.2. The molecule has 0 saturated carbocycles. The summed E-state index contributed by atoms with van der Waals surface area (Å²) >= 11 is 0. The first-order chi connectivity index (χ1) is 10.1. The summed E-state index contributed by atoms with van der Waals surface area (Å²) in [5, 5.41) is 3.33. The summed E-state index contributed by atoms with van der Waals surface area (Å²) in [5.41, 5.74) is 0.869. The lowest BCUT2D eigenvalue weighted by molar-refractivity contribution is -0.0513. The van der Waals surface area contributed by atoms with Crippen LogP contribution < -0.4 is 10.1 Å². The van der Waals surface area contributed by atoms with Crippen molar-refractivity contribution in [2.24, 2.45) is 5.92 Å². The minimum absolute atomic E-state index is 0. The summed E-state index contributed by atoms with van der Waals surface area (Å²) < 4.78 is 30.0. The maximum Gasteiger partial charge on any atom is 0.387 e. The van der Waals surface area contributed by atoms with Crippen LogP contribution in [-0.4, -0.2) is 37.7 Å². The summed E-state index contributed by atoms with van der Waals surface area (Å²) in [6.45, 7) is 5.27. The van der Waals surface area contributed by atoms with Crippen molar-refractivity contribution < 1.29 is 13.5 Å². The first kappa shape index (κ1) is 19.1. The molecule has 0 unspecified atom stereocenters. The molecule has 126 valence electrons. The van der Waals surface area contributed by atoms with E-state index < -0.39 is 6.61 Å². The molecule has 1 atom stereocenters. The molecule has 22 heavy (non-hydrogen) atoms. The molecule has 1 aromatic rings. The van der Waals surface area contributed by atoms with Crippen LogP contribution in [0.2, 0.25) is 0 Å². The van der Waals surface area contributed by atoms with E-state index >= 15 is 0 Å². The van der Waals surface area contributed by atoms with Crippen LogP contribution in [0.1, 0.15) is 31.9 Å². The van der Waals surface area contributed by atoms with Crippen molar-refractivity contribution in [1.82, 2.24) is 10.2 Å². The number of ether oxygens (including phenoxy) is 1. The lowest BCUT2D eigenvalue weighted by Crippen LogP contribution is -2.45. The highest BCUT2D eigenvalue weighted by Gasteiger charge is 2.26. The number of benzene rings is 1. The first-order valence-electron chi connectivity index (χ1n) is 7.56. The Labute approximate surface area is 137 Å². The van der Waals surface area contributed by atoms with Crippen LogP contribution in [0.5, 0.6) is 5.75 Å². The number of nitrogens with one attached hydrogen (secondary N) is 1. The van der Waals surface area contributed by atoms with Crippen LogP contribution in [0, 0.1) is 5.92 Å². The third-order valence-corrected chi connectivity index (χ3v) is 3.78. The molecular formula is C16H25ClF2N2O. The Morgan fingerprint density at radius 1 is 1.18 bits per heavy atom. The standard InChI is InChI=1S/C16H24F2N2O.ClH/c1-12(2)11-14(20-9-7-19-8-10-20)13-5-3-4-6-15(13)21-16(17)18;/h3-6,12,14,16,19H,7-11H2,1-2H3;1H/t14-;/m1./s1. The zero-order valence-electron chi connectivity index (χ0n) is 13.1. The van der Waals surface area contributed by atoms with Gasteiger partial charge in [0.15, 0.2) is 0 Å². The van der Waals surface area contributed by atoms with E-state index in [4.69, 9.17) is 4.74 Å². The molecule has 1 saturated heterocycles. The van der Waals surface area contributed by atoms with Crippen molar-refractivity contribution >= 4 is 12.4 Å². The third-order valence-electron chi connectivity index (χ3n) is 3.78. The van der Waals surface area contributed by atoms with E-state index in [0.717, 1.165) is 38.2 Å². The number of alkyl halides is 2. The van der Waals surface area contributed by atoms with E-state index in [-0.39, 0.29) is 18.4 Å². The zero-order valence-corrected chi connectivity index (χ0v) is 13.9. The van der Waals surface area contributed by atoms with Crippen molar-refractivity contribution in [1.29, 1.82) is 0 Å². The highest BCUT2D eigenvalue weighted by Crippen LogP contribution is 2.34. The minimum Gasteiger partial charge on any atom is -0.434 e. The van der Waals surface area contributed by atoms with E-state index in [2.05, 4.69) is 24.1 Å². The summed E-state index contributed by atoms with van der Waals surface area (Å²) in [6.07, 6.45) is 0.934. The second-order valence-corrected chi connectivity index (χ2v) is 5.85. The quantitative estimate of drug-likeness (QED) is 0.858. The lowest BCUT2D eigenvalue weighted by atomic mass is 9.94. The van der Waals surface area contributed by atoms with Gasteiger partial charge in [0, 0.05) is 37.8 Å². The Kier molecular flexibility index (Phi) is 8.07. The second-order valence-electron chi connectivity index (χ2n) is 5.85. The van der Waals surface area contributed by atoms with Crippen LogP contribution in [0.4, 0.5) is 8.78 Å². The maximum absolute atomic E-state index is 12.6. The first-order valence-corrected chi connectivity index (χ1v) is 7.56. The molecule has 2 rings (SSSR count). The van der Waals surface area contributed by atoms with Gasteiger partial charge >= 0.3 is 6.61 Å². The van der Waals surface area contributed by atoms with Gasteiger partial charge in [0.1, 0.15) is 5.75 Å². The summed E-state index contributed by atoms with van der Waals surface area (Å²) in [5.74, 6) is 0.793. The van der Waals surface area contributed by atoms with Crippen molar-refractivity contribution in [3.8, 4) is 5.75 Å². The number of hydrogen-bond acceptors (Lipinski definition) is 3. The van der Waals surface area contributed by atoms with Gasteiger partial charge in [-0.15, -0.1) is 12.4 Å². The molecule has 0 bridgehead atoms.